The molecule has 0 saturated carbocycles. The second kappa shape index (κ2) is 11.4. The zero-order valence-electron chi connectivity index (χ0n) is 18.9. The number of carbonyl (C=O) groups is 1. The number of nitrogens with zero attached hydrogens (tertiary/aromatic N) is 1. The minimum absolute atomic E-state index is 0.00433. The van der Waals surface area contributed by atoms with Crippen LogP contribution < -0.4 is 16.3 Å². The van der Waals surface area contributed by atoms with Gasteiger partial charge >= 0.3 is 19.4 Å². The van der Waals surface area contributed by atoms with Crippen molar-refractivity contribution in [1.82, 2.24) is 14.6 Å². The molecule has 1 saturated heterocycles. The molecule has 0 aliphatic carbocycles. The molecule has 2 unspecified atom stereocenters. The molecule has 0 spiro atoms. The Hall–Kier alpha value is -1.82. The molecular weight excluding hydrogens is 445 g/mol. The molecule has 12 nitrogen and oxygen atoms in total. The van der Waals surface area contributed by atoms with Crippen LogP contribution in [0.3, 0.4) is 0 Å². The van der Waals surface area contributed by atoms with E-state index in [1.165, 1.54) is 17.9 Å². The summed E-state index contributed by atoms with van der Waals surface area (Å²) in [6.07, 6.45) is -1.30. The predicted octanol–water partition coefficient (Wildman–Crippen LogP) is 0.689. The summed E-state index contributed by atoms with van der Waals surface area (Å²) in [4.78, 5) is 37.8. The highest BCUT2D eigenvalue weighted by molar-refractivity contribution is 7.51. The number of aliphatic hydroxyl groups is 1. The van der Waals surface area contributed by atoms with Gasteiger partial charge in [0, 0.05) is 24.7 Å². The Labute approximate surface area is 185 Å². The van der Waals surface area contributed by atoms with Crippen LogP contribution in [-0.4, -0.2) is 59.7 Å². The molecule has 0 amide bonds. The van der Waals surface area contributed by atoms with Crippen LogP contribution in [-0.2, 0) is 27.9 Å². The number of aliphatic hydroxyl groups excluding tert-OH is 1. The number of aromatic nitrogens is 2. The van der Waals surface area contributed by atoms with Gasteiger partial charge in [-0.2, -0.15) is 0 Å². The van der Waals surface area contributed by atoms with Crippen LogP contribution in [0.2, 0.25) is 0 Å². The average Bonchev–Trinajstić information content (AvgIpc) is 3.09. The number of nitrogens with one attached hydrogen (secondary N) is 2. The van der Waals surface area contributed by atoms with E-state index < -0.39 is 49.3 Å². The molecule has 182 valence electrons. The minimum Gasteiger partial charge on any atom is -0.469 e. The molecule has 3 N–H and O–H groups in total. The fourth-order valence-electron chi connectivity index (χ4n) is 3.26. The van der Waals surface area contributed by atoms with Gasteiger partial charge in [-0.3, -0.25) is 28.2 Å². The molecule has 5 atom stereocenters. The van der Waals surface area contributed by atoms with E-state index in [2.05, 4.69) is 10.1 Å². The number of H-pyrrole nitrogens is 1. The van der Waals surface area contributed by atoms with E-state index in [1.54, 1.807) is 13.8 Å². The normalized spacial score (nSPS) is 23.8. The summed E-state index contributed by atoms with van der Waals surface area (Å²) in [5.41, 5.74) is -0.846. The maximum Gasteiger partial charge on any atom is 0.405 e. The third kappa shape index (κ3) is 6.60. The van der Waals surface area contributed by atoms with E-state index in [1.807, 2.05) is 13.8 Å². The summed E-state index contributed by atoms with van der Waals surface area (Å²) in [6, 6.07) is 0. The number of rotatable bonds is 11. The van der Waals surface area contributed by atoms with Crippen LogP contribution in [0, 0.1) is 18.8 Å². The highest BCUT2D eigenvalue weighted by Crippen LogP contribution is 2.45. The maximum atomic E-state index is 13.1. The van der Waals surface area contributed by atoms with Gasteiger partial charge in [-0.25, -0.2) is 14.4 Å². The summed E-state index contributed by atoms with van der Waals surface area (Å²) in [6.45, 7) is 6.65. The lowest BCUT2D eigenvalue weighted by Gasteiger charge is -2.24. The van der Waals surface area contributed by atoms with E-state index in [-0.39, 0.29) is 32.1 Å². The van der Waals surface area contributed by atoms with Crippen LogP contribution in [0.4, 0.5) is 0 Å². The van der Waals surface area contributed by atoms with E-state index in [9.17, 15) is 24.1 Å². The van der Waals surface area contributed by atoms with E-state index in [4.69, 9.17) is 18.5 Å². The lowest BCUT2D eigenvalue weighted by molar-refractivity contribution is -0.146. The first-order valence-electron chi connectivity index (χ1n) is 10.4. The predicted molar refractivity (Wildman–Crippen MR) is 114 cm³/mol. The molecule has 1 fully saturated rings. The van der Waals surface area contributed by atoms with Crippen molar-refractivity contribution in [3.8, 4) is 0 Å². The van der Waals surface area contributed by atoms with Gasteiger partial charge in [-0.05, 0) is 19.8 Å². The molecule has 2 heterocycles. The second-order valence-corrected chi connectivity index (χ2v) is 9.69. The first-order chi connectivity index (χ1) is 15.0. The second-order valence-electron chi connectivity index (χ2n) is 7.86. The molecule has 2 rings (SSSR count). The van der Waals surface area contributed by atoms with Crippen molar-refractivity contribution in [3.63, 3.8) is 0 Å². The van der Waals surface area contributed by atoms with Gasteiger partial charge < -0.3 is 14.6 Å². The molecule has 1 aliphatic rings. The lowest BCUT2D eigenvalue weighted by atomic mass is 9.96. The molecule has 1 aromatic rings. The van der Waals surface area contributed by atoms with Crippen molar-refractivity contribution in [1.29, 1.82) is 0 Å². The quantitative estimate of drug-likeness (QED) is 0.306. The number of aryl methyl sites for hydroxylation is 1. The molecule has 1 aromatic heterocycles. The van der Waals surface area contributed by atoms with E-state index >= 15 is 0 Å². The number of methoxy groups -OCH3 is 1. The van der Waals surface area contributed by atoms with Crippen molar-refractivity contribution in [3.05, 3.63) is 32.6 Å². The van der Waals surface area contributed by atoms with Gasteiger partial charge in [0.2, 0.25) is 0 Å². The van der Waals surface area contributed by atoms with Gasteiger partial charge in [0.1, 0.15) is 12.3 Å². The van der Waals surface area contributed by atoms with Gasteiger partial charge in [-0.15, -0.1) is 0 Å². The standard InChI is InChI=1S/C19H32N3O9P/c1-6-29-32(27,20-8-13(11(2)3)18(25)28-5)30-10-15-14(23)7-16(31-15)22-9-12(4)17(24)21-19(22)26/h9,11,13-16,23H,6-8,10H2,1-5H3,(H,20,27)(H,21,24,26)/t13?,14-,15+,16+,32?/m0/s1. The number of ether oxygens (including phenoxy) is 2. The zero-order valence-corrected chi connectivity index (χ0v) is 19.8. The van der Waals surface area contributed by atoms with Crippen LogP contribution >= 0.6 is 7.75 Å². The molecule has 0 aromatic carbocycles. The summed E-state index contributed by atoms with van der Waals surface area (Å²) >= 11 is 0. The Morgan fingerprint density at radius 2 is 2.09 bits per heavy atom. The van der Waals surface area contributed by atoms with Crippen molar-refractivity contribution in [2.45, 2.75) is 52.6 Å². The maximum absolute atomic E-state index is 13.1. The first kappa shape index (κ1) is 26.4. The number of hydrogen-bond donors (Lipinski definition) is 3. The van der Waals surface area contributed by atoms with Crippen LogP contribution in [0.5, 0.6) is 0 Å². The zero-order chi connectivity index (χ0) is 24.1. The molecule has 32 heavy (non-hydrogen) atoms. The van der Waals surface area contributed by atoms with E-state index in [0.29, 0.717) is 5.56 Å². The highest BCUT2D eigenvalue weighted by atomic mass is 31.2. The molecule has 0 radical (unpaired) electrons. The average molecular weight is 477 g/mol. The van der Waals surface area contributed by atoms with Gasteiger partial charge in [0.25, 0.3) is 5.56 Å². The van der Waals surface area contributed by atoms with Crippen molar-refractivity contribution < 1.29 is 33.0 Å². The SMILES string of the molecule is CCOP(=O)(NCC(C(=O)OC)C(C)C)OC[C@H]1O[C@@H](n2cc(C)c(=O)[nH]c2=O)C[C@@H]1O. The topological polar surface area (TPSA) is 158 Å². The largest absolute Gasteiger partial charge is 0.469 e. The molecule has 1 aliphatic heterocycles. The van der Waals surface area contributed by atoms with Crippen LogP contribution in [0.25, 0.3) is 0 Å². The summed E-state index contributed by atoms with van der Waals surface area (Å²) in [5, 5.41) is 13.0. The van der Waals surface area contributed by atoms with Crippen molar-refractivity contribution in [2.75, 3.05) is 26.9 Å². The Kier molecular flexibility index (Phi) is 9.38. The molecule has 13 heteroatoms. The highest BCUT2D eigenvalue weighted by Gasteiger charge is 2.38. The third-order valence-corrected chi connectivity index (χ3v) is 6.84. The van der Waals surface area contributed by atoms with E-state index in [0.717, 1.165) is 0 Å². The van der Waals surface area contributed by atoms with Crippen molar-refractivity contribution >= 4 is 13.7 Å². The number of hydrogen-bond acceptors (Lipinski definition) is 9. The van der Waals surface area contributed by atoms with Crippen LogP contribution in [0.15, 0.2) is 15.8 Å². The fourth-order valence-corrected chi connectivity index (χ4v) is 4.62. The smallest absolute Gasteiger partial charge is 0.405 e. The first-order valence-corrected chi connectivity index (χ1v) is 11.9. The Bertz CT molecular complexity index is 945. The van der Waals surface area contributed by atoms with Gasteiger partial charge in [-0.1, -0.05) is 13.8 Å². The van der Waals surface area contributed by atoms with Gasteiger partial charge in [0.05, 0.1) is 32.3 Å². The van der Waals surface area contributed by atoms with Crippen LogP contribution in [0.1, 0.15) is 39.0 Å². The summed E-state index contributed by atoms with van der Waals surface area (Å²) in [5.74, 6) is -1.09. The van der Waals surface area contributed by atoms with Crippen molar-refractivity contribution in [2.24, 2.45) is 11.8 Å². The number of esters is 1. The monoisotopic (exact) mass is 477 g/mol. The Morgan fingerprint density at radius 3 is 2.69 bits per heavy atom. The van der Waals surface area contributed by atoms with Gasteiger partial charge in [0.15, 0.2) is 0 Å². The third-order valence-electron chi connectivity index (χ3n) is 5.18. The summed E-state index contributed by atoms with van der Waals surface area (Å²) < 4.78 is 35.5. The minimum atomic E-state index is -3.82. The lowest BCUT2D eigenvalue weighted by Crippen LogP contribution is -2.34. The molecular formula is C19H32N3O9P. The Balaban J connectivity index is 2.05. The fraction of sp³-hybridized carbons (Fsp3) is 0.737. The summed E-state index contributed by atoms with van der Waals surface area (Å²) in [7, 11) is -2.54. The Morgan fingerprint density at radius 1 is 1.41 bits per heavy atom. The number of aromatic amines is 1. The molecule has 0 bridgehead atoms. The number of carbonyl (C=O) groups excluding carboxylic acids is 1.